The quantitative estimate of drug-likeness (QED) is 0.821. The summed E-state index contributed by atoms with van der Waals surface area (Å²) in [7, 11) is 3.97. The van der Waals surface area contributed by atoms with Crippen LogP contribution in [0.5, 0.6) is 0 Å². The molecule has 0 radical (unpaired) electrons. The summed E-state index contributed by atoms with van der Waals surface area (Å²) in [4.78, 5) is 21.0. The lowest BCUT2D eigenvalue weighted by atomic mass is 9.84. The van der Waals surface area contributed by atoms with Gasteiger partial charge in [0.15, 0.2) is 5.13 Å². The number of carbonyl (C=O) groups is 1. The van der Waals surface area contributed by atoms with Gasteiger partial charge in [-0.2, -0.15) is 0 Å². The number of hydrogen-bond donors (Lipinski definition) is 0. The van der Waals surface area contributed by atoms with E-state index in [9.17, 15) is 9.18 Å². The largest absolute Gasteiger partial charge is 0.308 e. The van der Waals surface area contributed by atoms with Crippen LogP contribution in [0.3, 0.4) is 0 Å². The van der Waals surface area contributed by atoms with Crippen LogP contribution in [-0.2, 0) is 4.79 Å². The minimum absolute atomic E-state index is 0. The molecule has 0 saturated heterocycles. The third kappa shape index (κ3) is 4.00. The molecule has 0 unspecified atom stereocenters. The first-order chi connectivity index (χ1) is 10.5. The number of anilines is 1. The second-order valence-corrected chi connectivity index (χ2v) is 7.04. The number of likely N-dealkylation sites (N-methyl/N-ethyl adjacent to an activating group) is 1. The Hall–Kier alpha value is -1.24. The number of hydrogen-bond acceptors (Lipinski definition) is 4. The van der Waals surface area contributed by atoms with Gasteiger partial charge in [-0.25, -0.2) is 9.37 Å². The predicted molar refractivity (Wildman–Crippen MR) is 95.1 cm³/mol. The van der Waals surface area contributed by atoms with Gasteiger partial charge in [0.2, 0.25) is 5.91 Å². The van der Waals surface area contributed by atoms with Crippen molar-refractivity contribution in [2.24, 2.45) is 5.92 Å². The van der Waals surface area contributed by atoms with Gasteiger partial charge in [-0.3, -0.25) is 9.69 Å². The normalized spacial score (nSPS) is 14.6. The second kappa shape index (κ2) is 7.55. The Morgan fingerprint density at radius 3 is 2.70 bits per heavy atom. The summed E-state index contributed by atoms with van der Waals surface area (Å²) in [5, 5.41) is 0.680. The third-order valence-corrected chi connectivity index (χ3v) is 5.10. The second-order valence-electron chi connectivity index (χ2n) is 6.03. The first-order valence-electron chi connectivity index (χ1n) is 7.57. The smallest absolute Gasteiger partial charge is 0.231 e. The summed E-state index contributed by atoms with van der Waals surface area (Å²) < 4.78 is 14.1. The Morgan fingerprint density at radius 1 is 1.35 bits per heavy atom. The van der Waals surface area contributed by atoms with E-state index in [-0.39, 0.29) is 30.0 Å². The minimum Gasteiger partial charge on any atom is -0.308 e. The van der Waals surface area contributed by atoms with Crippen molar-refractivity contribution in [1.29, 1.82) is 0 Å². The van der Waals surface area contributed by atoms with Crippen molar-refractivity contribution < 1.29 is 9.18 Å². The first kappa shape index (κ1) is 18.1. The van der Waals surface area contributed by atoms with Gasteiger partial charge in [0.1, 0.15) is 5.82 Å². The Bertz CT molecular complexity index is 687. The number of halogens is 2. The van der Waals surface area contributed by atoms with E-state index in [1.54, 1.807) is 11.0 Å². The van der Waals surface area contributed by atoms with E-state index in [0.29, 0.717) is 11.7 Å². The van der Waals surface area contributed by atoms with Crippen LogP contribution in [0, 0.1) is 11.7 Å². The van der Waals surface area contributed by atoms with Crippen LogP contribution in [0.15, 0.2) is 18.2 Å². The molecule has 1 aromatic carbocycles. The highest BCUT2D eigenvalue weighted by Gasteiger charge is 2.31. The molecule has 2 aromatic rings. The lowest BCUT2D eigenvalue weighted by Gasteiger charge is -2.30. The standard InChI is InChI=1S/C16H20FN3OS.ClH/c1-19(2)8-9-20(15(21)11-4-3-5-11)16-18-13-7-6-12(17)10-14(13)22-16;/h6-7,10-11H,3-5,8-9H2,1-2H3;1H. The number of thiazole rings is 1. The molecule has 0 atom stereocenters. The number of aromatic nitrogens is 1. The summed E-state index contributed by atoms with van der Waals surface area (Å²) >= 11 is 1.39. The fraction of sp³-hybridized carbons (Fsp3) is 0.500. The number of fused-ring (bicyclic) bond motifs is 1. The van der Waals surface area contributed by atoms with E-state index in [1.807, 2.05) is 19.0 Å². The average Bonchev–Trinajstić information content (AvgIpc) is 2.79. The molecule has 3 rings (SSSR count). The Balaban J connectivity index is 0.00000192. The van der Waals surface area contributed by atoms with E-state index >= 15 is 0 Å². The van der Waals surface area contributed by atoms with E-state index < -0.39 is 0 Å². The molecule has 1 amide bonds. The van der Waals surface area contributed by atoms with Crippen molar-refractivity contribution >= 4 is 45.0 Å². The molecule has 1 aliphatic rings. The summed E-state index contributed by atoms with van der Waals surface area (Å²) in [5.74, 6) is 0.0198. The minimum atomic E-state index is -0.270. The molecule has 0 bridgehead atoms. The zero-order valence-corrected chi connectivity index (χ0v) is 14.9. The van der Waals surface area contributed by atoms with E-state index in [0.717, 1.165) is 36.0 Å². The highest BCUT2D eigenvalue weighted by molar-refractivity contribution is 7.22. The molecular weight excluding hydrogens is 337 g/mol. The van der Waals surface area contributed by atoms with Crippen LogP contribution in [0.4, 0.5) is 9.52 Å². The zero-order valence-electron chi connectivity index (χ0n) is 13.3. The molecular formula is C16H21ClFN3OS. The van der Waals surface area contributed by atoms with Gasteiger partial charge in [-0.05, 0) is 45.1 Å². The fourth-order valence-electron chi connectivity index (χ4n) is 2.48. The molecule has 1 saturated carbocycles. The van der Waals surface area contributed by atoms with Crippen molar-refractivity contribution in [2.75, 3.05) is 32.1 Å². The first-order valence-corrected chi connectivity index (χ1v) is 8.38. The number of nitrogens with zero attached hydrogens (tertiary/aromatic N) is 3. The van der Waals surface area contributed by atoms with E-state index in [2.05, 4.69) is 4.98 Å². The van der Waals surface area contributed by atoms with Gasteiger partial charge >= 0.3 is 0 Å². The van der Waals surface area contributed by atoms with Gasteiger partial charge in [-0.15, -0.1) is 12.4 Å². The lowest BCUT2D eigenvalue weighted by molar-refractivity contribution is -0.124. The molecule has 0 aliphatic heterocycles. The topological polar surface area (TPSA) is 36.4 Å². The molecule has 4 nitrogen and oxygen atoms in total. The molecule has 0 N–H and O–H groups in total. The highest BCUT2D eigenvalue weighted by Crippen LogP contribution is 2.34. The Morgan fingerprint density at radius 2 is 2.09 bits per heavy atom. The molecule has 126 valence electrons. The van der Waals surface area contributed by atoms with Gasteiger partial charge in [0.25, 0.3) is 0 Å². The van der Waals surface area contributed by atoms with Crippen molar-refractivity contribution in [3.63, 3.8) is 0 Å². The van der Waals surface area contributed by atoms with Crippen molar-refractivity contribution in [2.45, 2.75) is 19.3 Å². The monoisotopic (exact) mass is 357 g/mol. The lowest BCUT2D eigenvalue weighted by Crippen LogP contribution is -2.42. The van der Waals surface area contributed by atoms with Crippen LogP contribution in [0.2, 0.25) is 0 Å². The maximum Gasteiger partial charge on any atom is 0.231 e. The van der Waals surface area contributed by atoms with Crippen LogP contribution < -0.4 is 4.90 Å². The molecule has 1 fully saturated rings. The number of carbonyl (C=O) groups excluding carboxylic acids is 1. The Labute approximate surface area is 145 Å². The van der Waals surface area contributed by atoms with Crippen LogP contribution >= 0.6 is 23.7 Å². The van der Waals surface area contributed by atoms with E-state index in [1.165, 1.54) is 23.5 Å². The fourth-order valence-corrected chi connectivity index (χ4v) is 3.50. The number of rotatable bonds is 5. The van der Waals surface area contributed by atoms with Crippen molar-refractivity contribution in [3.05, 3.63) is 24.0 Å². The maximum absolute atomic E-state index is 13.3. The average molecular weight is 358 g/mol. The van der Waals surface area contributed by atoms with Gasteiger partial charge in [0.05, 0.1) is 10.2 Å². The van der Waals surface area contributed by atoms with Gasteiger partial charge in [-0.1, -0.05) is 17.8 Å². The molecule has 7 heteroatoms. The summed E-state index contributed by atoms with van der Waals surface area (Å²) in [6.07, 6.45) is 3.07. The molecule has 23 heavy (non-hydrogen) atoms. The SMILES string of the molecule is CN(C)CCN(C(=O)C1CCC1)c1nc2ccc(F)cc2s1.Cl. The van der Waals surface area contributed by atoms with Gasteiger partial charge in [0, 0.05) is 19.0 Å². The van der Waals surface area contributed by atoms with Crippen molar-refractivity contribution in [3.8, 4) is 0 Å². The van der Waals surface area contributed by atoms with E-state index in [4.69, 9.17) is 0 Å². The highest BCUT2D eigenvalue weighted by atomic mass is 35.5. The van der Waals surface area contributed by atoms with Crippen LogP contribution in [0.1, 0.15) is 19.3 Å². The predicted octanol–water partition coefficient (Wildman–Crippen LogP) is 3.55. The Kier molecular flexibility index (Phi) is 5.95. The molecule has 1 aromatic heterocycles. The molecule has 0 spiro atoms. The number of benzene rings is 1. The summed E-state index contributed by atoms with van der Waals surface area (Å²) in [6.45, 7) is 1.40. The summed E-state index contributed by atoms with van der Waals surface area (Å²) in [6, 6.07) is 4.56. The third-order valence-electron chi connectivity index (χ3n) is 4.06. The number of amides is 1. The zero-order chi connectivity index (χ0) is 15.7. The summed E-state index contributed by atoms with van der Waals surface area (Å²) in [5.41, 5.74) is 0.748. The molecule has 1 aliphatic carbocycles. The van der Waals surface area contributed by atoms with Crippen LogP contribution in [0.25, 0.3) is 10.2 Å². The van der Waals surface area contributed by atoms with Crippen LogP contribution in [-0.4, -0.2) is 43.0 Å². The van der Waals surface area contributed by atoms with Gasteiger partial charge < -0.3 is 4.90 Å². The maximum atomic E-state index is 13.3. The molecule has 1 heterocycles. The van der Waals surface area contributed by atoms with Crippen molar-refractivity contribution in [1.82, 2.24) is 9.88 Å².